The van der Waals surface area contributed by atoms with Gasteiger partial charge in [0, 0.05) is 64.6 Å². The van der Waals surface area contributed by atoms with Crippen LogP contribution in [0.1, 0.15) is 62.8 Å². The molecular formula is C48H44N6O8S. The minimum atomic E-state index is -4.18. The van der Waals surface area contributed by atoms with Crippen LogP contribution in [0.15, 0.2) is 130 Å². The summed E-state index contributed by atoms with van der Waals surface area (Å²) in [5.74, 6) is 5.54. The largest absolute Gasteiger partial charge is 0.506 e. The summed E-state index contributed by atoms with van der Waals surface area (Å²) in [5, 5.41) is 31.0. The Morgan fingerprint density at radius 3 is 2.48 bits per heavy atom. The zero-order valence-corrected chi connectivity index (χ0v) is 35.2. The number of rotatable bonds is 15. The fourth-order valence-corrected chi connectivity index (χ4v) is 8.49. The summed E-state index contributed by atoms with van der Waals surface area (Å²) >= 11 is 0. The maximum absolute atomic E-state index is 14.2. The number of phenolic OH excluding ortho intramolecular Hbond substituents is 1. The fourth-order valence-electron chi connectivity index (χ4n) is 7.08. The molecule has 7 aromatic rings. The highest BCUT2D eigenvalue weighted by atomic mass is 32.2. The lowest BCUT2D eigenvalue weighted by Crippen LogP contribution is -2.22. The molecule has 320 valence electrons. The Labute approximate surface area is 363 Å². The molecule has 0 saturated heterocycles. The minimum absolute atomic E-state index is 0.0577. The zero-order chi connectivity index (χ0) is 44.7. The highest BCUT2D eigenvalue weighted by molar-refractivity contribution is 7.91. The Balaban J connectivity index is 0.953. The van der Waals surface area contributed by atoms with Crippen LogP contribution in [-0.4, -0.2) is 60.6 Å². The van der Waals surface area contributed by atoms with E-state index in [2.05, 4.69) is 37.8 Å². The van der Waals surface area contributed by atoms with E-state index in [1.807, 2.05) is 0 Å². The number of hydrogen-bond acceptors (Lipinski definition) is 11. The number of primary amides is 1. The van der Waals surface area contributed by atoms with E-state index >= 15 is 0 Å². The molecule has 15 heteroatoms. The summed E-state index contributed by atoms with van der Waals surface area (Å²) < 4.78 is 33.6. The number of H-pyrrole nitrogens is 1. The molecule has 8 N–H and O–H groups in total. The molecule has 14 nitrogen and oxygen atoms in total. The third-order valence-corrected chi connectivity index (χ3v) is 12.1. The molecular weight excluding hydrogens is 821 g/mol. The number of unbranched alkanes of at least 4 members (excludes halogenated alkanes) is 2. The number of fused-ring (bicyclic) bond motifs is 2. The van der Waals surface area contributed by atoms with Crippen molar-refractivity contribution in [2.45, 2.75) is 42.1 Å². The lowest BCUT2D eigenvalue weighted by Gasteiger charge is -2.16. The smallest absolute Gasteiger partial charge is 0.255 e. The van der Waals surface area contributed by atoms with Crippen LogP contribution in [0.5, 0.6) is 11.5 Å². The normalized spacial score (nSPS) is 11.7. The predicted molar refractivity (Wildman–Crippen MR) is 242 cm³/mol. The summed E-state index contributed by atoms with van der Waals surface area (Å²) in [5.41, 5.74) is 9.62. The van der Waals surface area contributed by atoms with Gasteiger partial charge in [0.25, 0.3) is 11.8 Å². The van der Waals surface area contributed by atoms with Crippen LogP contribution in [0.4, 0.5) is 17.1 Å². The predicted octanol–water partition coefficient (Wildman–Crippen LogP) is 6.87. The maximum atomic E-state index is 14.2. The van der Waals surface area contributed by atoms with Gasteiger partial charge >= 0.3 is 0 Å². The quantitative estimate of drug-likeness (QED) is 0.0416. The van der Waals surface area contributed by atoms with Crippen molar-refractivity contribution in [3.05, 3.63) is 154 Å². The monoisotopic (exact) mass is 864 g/mol. The number of aryl methyl sites for hydroxylation is 1. The topological polar surface area (TPSA) is 226 Å². The van der Waals surface area contributed by atoms with Crippen LogP contribution < -0.4 is 32.0 Å². The van der Waals surface area contributed by atoms with Crippen molar-refractivity contribution >= 4 is 60.5 Å². The van der Waals surface area contributed by atoms with Crippen LogP contribution in [0, 0.1) is 18.8 Å². The number of aromatic amines is 1. The van der Waals surface area contributed by atoms with E-state index in [1.54, 1.807) is 67.6 Å². The number of aromatic hydroxyl groups is 1. The van der Waals surface area contributed by atoms with Gasteiger partial charge in [0.05, 0.1) is 45.3 Å². The number of pyridine rings is 2. The third-order valence-electron chi connectivity index (χ3n) is 10.3. The van der Waals surface area contributed by atoms with Gasteiger partial charge in [-0.1, -0.05) is 30.0 Å². The number of carbonyl (C=O) groups excluding carboxylic acids is 2. The number of nitrogens with two attached hydrogens (primary N) is 1. The Morgan fingerprint density at radius 1 is 0.905 bits per heavy atom. The Hall–Kier alpha value is -7.51. The lowest BCUT2D eigenvalue weighted by molar-refractivity contribution is 0.0998. The van der Waals surface area contributed by atoms with Crippen molar-refractivity contribution in [2.75, 3.05) is 30.8 Å². The molecule has 1 atom stereocenters. The average molecular weight is 865 g/mol. The van der Waals surface area contributed by atoms with E-state index in [4.69, 9.17) is 10.5 Å². The highest BCUT2D eigenvalue weighted by Gasteiger charge is 2.24. The first kappa shape index (κ1) is 43.6. The molecule has 0 aliphatic heterocycles. The first-order valence-electron chi connectivity index (χ1n) is 20.0. The molecule has 0 aliphatic rings. The van der Waals surface area contributed by atoms with Crippen molar-refractivity contribution in [1.82, 2.24) is 15.3 Å². The number of carbonyl (C=O) groups is 2. The number of sulfone groups is 1. The second kappa shape index (κ2) is 19.0. The maximum Gasteiger partial charge on any atom is 0.255 e. The first-order valence-corrected chi connectivity index (χ1v) is 21.4. The van der Waals surface area contributed by atoms with Gasteiger partial charge in [-0.15, -0.1) is 0 Å². The molecule has 0 aliphatic carbocycles. The van der Waals surface area contributed by atoms with Crippen molar-refractivity contribution < 1.29 is 33.0 Å². The Morgan fingerprint density at radius 2 is 1.70 bits per heavy atom. The number of amides is 2. The van der Waals surface area contributed by atoms with Gasteiger partial charge in [0.15, 0.2) is 0 Å². The molecule has 0 bridgehead atoms. The summed E-state index contributed by atoms with van der Waals surface area (Å²) in [6.45, 7) is 2.69. The van der Waals surface area contributed by atoms with Crippen molar-refractivity contribution in [1.29, 1.82) is 0 Å². The molecule has 2 heterocycles. The standard InChI is InChI=1S/C48H44N6O8S/c1-29-23-36(26-39-44(29)51-27-40(47(49)58)45(39)52-33-11-8-12-34(25-33)62-2)63(60,61)35-13-7-10-31(24-35)48(59)53-32-16-14-30(15-17-32)9-5-3-4-6-22-50-28-42(56)37-18-20-41(55)46-38(37)19-21-43(57)54-46/h7-8,10-21,23-27,42,50,55-56H,3-4,6,22,28H2,1-2H3,(H2,49,58)(H,51,52)(H,53,59)(H,54,57)/t42-/m1/s1. The molecule has 2 amide bonds. The summed E-state index contributed by atoms with van der Waals surface area (Å²) in [7, 11) is -2.65. The molecule has 0 saturated carbocycles. The number of aliphatic hydroxyl groups excluding tert-OH is 1. The first-order chi connectivity index (χ1) is 30.3. The number of nitrogens with one attached hydrogen (secondary N) is 4. The number of nitrogens with zero attached hydrogens (tertiary/aromatic N) is 1. The Kier molecular flexibility index (Phi) is 13.2. The van der Waals surface area contributed by atoms with Crippen LogP contribution in [0.3, 0.4) is 0 Å². The number of phenols is 1. The number of methoxy groups -OCH3 is 1. The third kappa shape index (κ3) is 10.0. The van der Waals surface area contributed by atoms with Gasteiger partial charge in [-0.2, -0.15) is 0 Å². The van der Waals surface area contributed by atoms with E-state index in [0.29, 0.717) is 69.6 Å². The molecule has 2 aromatic heterocycles. The van der Waals surface area contributed by atoms with E-state index in [9.17, 15) is 33.0 Å². The van der Waals surface area contributed by atoms with E-state index < -0.39 is 27.8 Å². The number of aromatic nitrogens is 2. The van der Waals surface area contributed by atoms with Gasteiger partial charge in [0.1, 0.15) is 11.5 Å². The molecule has 63 heavy (non-hydrogen) atoms. The molecule has 0 spiro atoms. The van der Waals surface area contributed by atoms with Crippen LogP contribution in [-0.2, 0) is 9.84 Å². The van der Waals surface area contributed by atoms with Gasteiger partial charge in [-0.25, -0.2) is 8.42 Å². The molecule has 5 aromatic carbocycles. The number of hydrogen-bond donors (Lipinski definition) is 7. The molecule has 0 fully saturated rings. The van der Waals surface area contributed by atoms with Gasteiger partial charge < -0.3 is 41.6 Å². The van der Waals surface area contributed by atoms with Crippen LogP contribution in [0.2, 0.25) is 0 Å². The van der Waals surface area contributed by atoms with E-state index in [-0.39, 0.29) is 37.9 Å². The van der Waals surface area contributed by atoms with Gasteiger partial charge in [-0.3, -0.25) is 19.4 Å². The fraction of sp³-hybridized carbons (Fsp3) is 0.167. The number of benzene rings is 5. The summed E-state index contributed by atoms with van der Waals surface area (Å²) in [4.78, 5) is 44.4. The zero-order valence-electron chi connectivity index (χ0n) is 34.4. The van der Waals surface area contributed by atoms with Crippen molar-refractivity contribution in [3.8, 4) is 23.3 Å². The minimum Gasteiger partial charge on any atom is -0.506 e. The van der Waals surface area contributed by atoms with Crippen LogP contribution in [0.25, 0.3) is 21.8 Å². The van der Waals surface area contributed by atoms with Gasteiger partial charge in [0.2, 0.25) is 15.4 Å². The SMILES string of the molecule is COc1cccc(Nc2c(C(N)=O)cnc3c(C)cc(S(=O)(=O)c4cccc(C(=O)Nc5ccc(C#CCCCCNC[C@@H](O)c6ccc(O)c7[nH]c(=O)ccc67)cc5)c4)cc23)c1. The average Bonchev–Trinajstić information content (AvgIpc) is 3.28. The van der Waals surface area contributed by atoms with Gasteiger partial charge in [-0.05, 0) is 116 Å². The number of aliphatic hydroxyl groups is 1. The molecule has 0 radical (unpaired) electrons. The summed E-state index contributed by atoms with van der Waals surface area (Å²) in [6, 6.07) is 28.8. The number of ether oxygens (including phenoxy) is 1. The van der Waals surface area contributed by atoms with Crippen LogP contribution >= 0.6 is 0 Å². The van der Waals surface area contributed by atoms with Crippen molar-refractivity contribution in [3.63, 3.8) is 0 Å². The Bertz CT molecular complexity index is 3100. The van der Waals surface area contributed by atoms with E-state index in [1.165, 1.54) is 61.8 Å². The van der Waals surface area contributed by atoms with E-state index in [0.717, 1.165) is 18.4 Å². The second-order valence-corrected chi connectivity index (χ2v) is 16.7. The number of anilines is 3. The van der Waals surface area contributed by atoms with Crippen molar-refractivity contribution in [2.24, 2.45) is 5.73 Å². The molecule has 0 unspecified atom stereocenters. The molecule has 7 rings (SSSR count). The highest BCUT2D eigenvalue weighted by Crippen LogP contribution is 2.35. The summed E-state index contributed by atoms with van der Waals surface area (Å²) in [6.07, 6.45) is 2.84. The second-order valence-electron chi connectivity index (χ2n) is 14.7. The lowest BCUT2D eigenvalue weighted by atomic mass is 10.0.